The van der Waals surface area contributed by atoms with Crippen LogP contribution in [0.15, 0.2) is 43.0 Å². The van der Waals surface area contributed by atoms with E-state index in [2.05, 4.69) is 71.0 Å². The van der Waals surface area contributed by atoms with Crippen LogP contribution in [0, 0.1) is 0 Å². The van der Waals surface area contributed by atoms with E-state index in [1.54, 1.807) is 12.4 Å². The fourth-order valence-electron chi connectivity index (χ4n) is 6.18. The molecule has 2 saturated heterocycles. The summed E-state index contributed by atoms with van der Waals surface area (Å²) < 4.78 is 3.19. The SMILES string of the molecule is CC1CCCN1c1cc(CN(C)C)cc(-c2cnc3c(n2)c(-c2cnn(C4CCN(C)CC4)c2)cn3C(=O)O)c1. The largest absolute Gasteiger partial charge is 0.464 e. The lowest BCUT2D eigenvalue weighted by atomic mass is 10.0. The molecule has 0 amide bonds. The van der Waals surface area contributed by atoms with Crippen molar-refractivity contribution in [2.24, 2.45) is 0 Å². The molecule has 10 nitrogen and oxygen atoms in total. The minimum Gasteiger partial charge on any atom is -0.464 e. The highest BCUT2D eigenvalue weighted by Gasteiger charge is 2.24. The topological polar surface area (TPSA) is 95.6 Å². The van der Waals surface area contributed by atoms with Gasteiger partial charge in [0.25, 0.3) is 0 Å². The second-order valence-corrected chi connectivity index (χ2v) is 11.7. The highest BCUT2D eigenvalue weighted by Crippen LogP contribution is 2.34. The lowest BCUT2D eigenvalue weighted by Gasteiger charge is -2.28. The number of hydrogen-bond acceptors (Lipinski definition) is 7. The maximum atomic E-state index is 12.1. The quantitative estimate of drug-likeness (QED) is 0.371. The molecule has 4 aromatic rings. The van der Waals surface area contributed by atoms with Crippen LogP contribution in [0.25, 0.3) is 33.5 Å². The predicted octanol–water partition coefficient (Wildman–Crippen LogP) is 4.80. The Balaban J connectivity index is 1.43. The van der Waals surface area contributed by atoms with E-state index in [4.69, 9.17) is 4.98 Å². The van der Waals surface area contributed by atoms with E-state index >= 15 is 0 Å². The summed E-state index contributed by atoms with van der Waals surface area (Å²) >= 11 is 0. The molecule has 0 bridgehead atoms. The summed E-state index contributed by atoms with van der Waals surface area (Å²) in [6, 6.07) is 7.48. The zero-order chi connectivity index (χ0) is 28.0. The Hall–Kier alpha value is -3.76. The number of likely N-dealkylation sites (tertiary alicyclic amines) is 1. The third kappa shape index (κ3) is 5.09. The first-order valence-corrected chi connectivity index (χ1v) is 14.2. The second kappa shape index (κ2) is 10.7. The number of benzene rings is 1. The molecule has 0 radical (unpaired) electrons. The number of anilines is 1. The standard InChI is InChI=1S/C30H38N8O2/c1-20-6-5-9-36(20)25-13-21(17-34(2)3)12-22(14-25)27-16-31-29-28(33-27)26(19-37(29)30(39)40)23-15-32-38(18-23)24-7-10-35(4)11-8-24/h12-16,18-20,24H,5-11,17H2,1-4H3,(H,39,40). The van der Waals surface area contributed by atoms with Gasteiger partial charge in [0.2, 0.25) is 0 Å². The molecule has 1 unspecified atom stereocenters. The Kier molecular flexibility index (Phi) is 7.06. The molecule has 2 aliphatic rings. The van der Waals surface area contributed by atoms with E-state index < -0.39 is 6.09 Å². The van der Waals surface area contributed by atoms with E-state index in [9.17, 15) is 9.90 Å². The average molecular weight is 543 g/mol. The molecule has 210 valence electrons. The van der Waals surface area contributed by atoms with Gasteiger partial charge in [0, 0.05) is 53.9 Å². The van der Waals surface area contributed by atoms with Crippen LogP contribution < -0.4 is 4.90 Å². The van der Waals surface area contributed by atoms with Crippen molar-refractivity contribution in [1.82, 2.24) is 34.1 Å². The maximum absolute atomic E-state index is 12.1. The van der Waals surface area contributed by atoms with Crippen LogP contribution in [-0.2, 0) is 6.54 Å². The molecule has 5 heterocycles. The summed E-state index contributed by atoms with van der Waals surface area (Å²) in [6.07, 6.45) is 10.5. The lowest BCUT2D eigenvalue weighted by molar-refractivity contribution is 0.197. The third-order valence-corrected chi connectivity index (χ3v) is 8.33. The Labute approximate surface area is 234 Å². The minimum absolute atomic E-state index is 0.330. The minimum atomic E-state index is -1.08. The van der Waals surface area contributed by atoms with Crippen molar-refractivity contribution in [1.29, 1.82) is 0 Å². The normalized spacial score (nSPS) is 18.8. The fraction of sp³-hybridized carbons (Fsp3) is 0.467. The summed E-state index contributed by atoms with van der Waals surface area (Å²) in [6.45, 7) is 6.22. The number of carboxylic acid groups (broad SMARTS) is 1. The lowest BCUT2D eigenvalue weighted by Crippen LogP contribution is -2.31. The second-order valence-electron chi connectivity index (χ2n) is 11.7. The van der Waals surface area contributed by atoms with Crippen LogP contribution in [0.5, 0.6) is 0 Å². The Bertz CT molecular complexity index is 1530. The van der Waals surface area contributed by atoms with E-state index in [1.165, 1.54) is 24.1 Å². The summed E-state index contributed by atoms with van der Waals surface area (Å²) in [5.41, 5.74) is 6.59. The summed E-state index contributed by atoms with van der Waals surface area (Å²) in [5.74, 6) is 0. The van der Waals surface area contributed by atoms with Crippen molar-refractivity contribution in [3.8, 4) is 22.4 Å². The van der Waals surface area contributed by atoms with Crippen molar-refractivity contribution in [2.75, 3.05) is 45.7 Å². The summed E-state index contributed by atoms with van der Waals surface area (Å²) in [5, 5.41) is 14.6. The first kappa shape index (κ1) is 26.5. The highest BCUT2D eigenvalue weighted by molar-refractivity contribution is 5.96. The summed E-state index contributed by atoms with van der Waals surface area (Å²) in [4.78, 5) is 28.8. The molecule has 0 aliphatic carbocycles. The van der Waals surface area contributed by atoms with Gasteiger partial charge in [-0.3, -0.25) is 4.68 Å². The van der Waals surface area contributed by atoms with Crippen molar-refractivity contribution in [3.63, 3.8) is 0 Å². The van der Waals surface area contributed by atoms with Crippen LogP contribution in [0.3, 0.4) is 0 Å². The van der Waals surface area contributed by atoms with Crippen molar-refractivity contribution in [3.05, 3.63) is 48.5 Å². The molecular formula is C30H38N8O2. The molecule has 10 heteroatoms. The van der Waals surface area contributed by atoms with Crippen molar-refractivity contribution in [2.45, 2.75) is 51.2 Å². The first-order valence-electron chi connectivity index (χ1n) is 14.2. The third-order valence-electron chi connectivity index (χ3n) is 8.33. The molecule has 2 fully saturated rings. The molecule has 1 aromatic carbocycles. The zero-order valence-corrected chi connectivity index (χ0v) is 23.8. The van der Waals surface area contributed by atoms with E-state index in [-0.39, 0.29) is 0 Å². The molecule has 3 aromatic heterocycles. The summed E-state index contributed by atoms with van der Waals surface area (Å²) in [7, 11) is 6.29. The molecule has 1 N–H and O–H groups in total. The Morgan fingerprint density at radius 2 is 1.85 bits per heavy atom. The Morgan fingerprint density at radius 1 is 1.05 bits per heavy atom. The first-order chi connectivity index (χ1) is 19.3. The van der Waals surface area contributed by atoms with Gasteiger partial charge in [-0.1, -0.05) is 0 Å². The smallest absolute Gasteiger partial charge is 0.417 e. The highest BCUT2D eigenvalue weighted by atomic mass is 16.4. The van der Waals surface area contributed by atoms with Gasteiger partial charge in [-0.15, -0.1) is 0 Å². The van der Waals surface area contributed by atoms with Gasteiger partial charge >= 0.3 is 6.09 Å². The maximum Gasteiger partial charge on any atom is 0.417 e. The van der Waals surface area contributed by atoms with Gasteiger partial charge in [-0.2, -0.15) is 5.10 Å². The molecule has 0 saturated carbocycles. The van der Waals surface area contributed by atoms with E-state index in [0.29, 0.717) is 23.2 Å². The van der Waals surface area contributed by atoms with Crippen LogP contribution in [0.1, 0.15) is 44.2 Å². The number of nitrogens with zero attached hydrogens (tertiary/aromatic N) is 8. The van der Waals surface area contributed by atoms with Crippen molar-refractivity contribution < 1.29 is 9.90 Å². The number of rotatable bonds is 6. The van der Waals surface area contributed by atoms with Gasteiger partial charge in [0.1, 0.15) is 5.52 Å². The fourth-order valence-corrected chi connectivity index (χ4v) is 6.18. The number of carbonyl (C=O) groups is 1. The Morgan fingerprint density at radius 3 is 2.55 bits per heavy atom. The molecule has 2 aliphatic heterocycles. The number of fused-ring (bicyclic) bond motifs is 1. The monoisotopic (exact) mass is 542 g/mol. The number of hydrogen-bond donors (Lipinski definition) is 1. The molecule has 0 spiro atoms. The predicted molar refractivity (Wildman–Crippen MR) is 157 cm³/mol. The van der Waals surface area contributed by atoms with Gasteiger partial charge in [0.15, 0.2) is 5.65 Å². The molecule has 40 heavy (non-hydrogen) atoms. The zero-order valence-electron chi connectivity index (χ0n) is 23.8. The number of aromatic nitrogens is 5. The van der Waals surface area contributed by atoms with Crippen LogP contribution in [-0.4, -0.2) is 92.1 Å². The van der Waals surface area contributed by atoms with E-state index in [0.717, 1.165) is 66.0 Å². The van der Waals surface area contributed by atoms with Gasteiger partial charge in [-0.05, 0) is 90.6 Å². The molecular weight excluding hydrogens is 504 g/mol. The van der Waals surface area contributed by atoms with Gasteiger partial charge in [-0.25, -0.2) is 19.3 Å². The van der Waals surface area contributed by atoms with Gasteiger partial charge < -0.3 is 19.8 Å². The molecule has 1 atom stereocenters. The van der Waals surface area contributed by atoms with Crippen LogP contribution >= 0.6 is 0 Å². The number of piperidine rings is 1. The molecule has 6 rings (SSSR count). The van der Waals surface area contributed by atoms with Crippen molar-refractivity contribution >= 4 is 22.9 Å². The van der Waals surface area contributed by atoms with Crippen LogP contribution in [0.2, 0.25) is 0 Å². The van der Waals surface area contributed by atoms with E-state index in [1.807, 2.05) is 17.1 Å². The van der Waals surface area contributed by atoms with Gasteiger partial charge in [0.05, 0.1) is 24.1 Å². The van der Waals surface area contributed by atoms with Crippen LogP contribution in [0.4, 0.5) is 10.5 Å². The average Bonchev–Trinajstić information content (AvgIpc) is 3.66.